The molecule has 0 saturated carbocycles. The van der Waals surface area contributed by atoms with Crippen molar-refractivity contribution in [3.63, 3.8) is 0 Å². The molecule has 1 aromatic heterocycles. The zero-order valence-corrected chi connectivity index (χ0v) is 16.1. The lowest BCUT2D eigenvalue weighted by molar-refractivity contribution is 0.354. The van der Waals surface area contributed by atoms with Crippen LogP contribution in [0.1, 0.15) is 25.1 Å². The van der Waals surface area contributed by atoms with Crippen molar-refractivity contribution in [2.75, 3.05) is 14.2 Å². The standard InChI is InChI=1S/C22H26N2O2/c1-14-10-18(16-8-6-7-9-19(16)24-14)17-12-21(26-5)20(25-4)11-15(17)13-22(2,3)23/h6-12H,13,23H2,1-5H3. The Balaban J connectivity index is 2.33. The van der Waals surface area contributed by atoms with Crippen LogP contribution in [0.5, 0.6) is 11.5 Å². The Kier molecular flexibility index (Phi) is 4.88. The molecule has 136 valence electrons. The molecule has 0 atom stereocenters. The highest BCUT2D eigenvalue weighted by molar-refractivity contribution is 5.96. The van der Waals surface area contributed by atoms with Crippen LogP contribution in [0.15, 0.2) is 42.5 Å². The number of para-hydroxylation sites is 1. The molecule has 2 aromatic carbocycles. The molecule has 0 bridgehead atoms. The van der Waals surface area contributed by atoms with Crippen LogP contribution in [0, 0.1) is 6.92 Å². The summed E-state index contributed by atoms with van der Waals surface area (Å²) in [5, 5.41) is 1.11. The summed E-state index contributed by atoms with van der Waals surface area (Å²) in [5.74, 6) is 1.42. The van der Waals surface area contributed by atoms with E-state index in [0.717, 1.165) is 39.7 Å². The average molecular weight is 350 g/mol. The Bertz CT molecular complexity index is 943. The Labute approximate surface area is 155 Å². The maximum atomic E-state index is 6.33. The lowest BCUT2D eigenvalue weighted by Crippen LogP contribution is -2.34. The fraction of sp³-hybridized carbons (Fsp3) is 0.318. The molecule has 0 aliphatic carbocycles. The first-order valence-electron chi connectivity index (χ1n) is 8.73. The quantitative estimate of drug-likeness (QED) is 0.736. The van der Waals surface area contributed by atoms with Gasteiger partial charge in [-0.15, -0.1) is 0 Å². The number of nitrogens with two attached hydrogens (primary N) is 1. The number of fused-ring (bicyclic) bond motifs is 1. The summed E-state index contributed by atoms with van der Waals surface area (Å²) in [5.41, 5.74) is 11.3. The Hall–Kier alpha value is -2.59. The number of hydrogen-bond donors (Lipinski definition) is 1. The van der Waals surface area contributed by atoms with Crippen LogP contribution in [-0.4, -0.2) is 24.7 Å². The Morgan fingerprint density at radius 1 is 0.962 bits per heavy atom. The first-order valence-corrected chi connectivity index (χ1v) is 8.73. The van der Waals surface area contributed by atoms with Gasteiger partial charge in [-0.3, -0.25) is 4.98 Å². The average Bonchev–Trinajstić information content (AvgIpc) is 2.59. The number of ether oxygens (including phenoxy) is 2. The normalized spacial score (nSPS) is 11.6. The number of rotatable bonds is 5. The second-order valence-electron chi connectivity index (χ2n) is 7.36. The van der Waals surface area contributed by atoms with Gasteiger partial charge in [-0.2, -0.15) is 0 Å². The molecule has 0 aliphatic rings. The maximum Gasteiger partial charge on any atom is 0.161 e. The summed E-state index contributed by atoms with van der Waals surface area (Å²) in [6, 6.07) is 14.4. The van der Waals surface area contributed by atoms with Crippen LogP contribution in [0.2, 0.25) is 0 Å². The van der Waals surface area contributed by atoms with Crippen LogP contribution in [0.25, 0.3) is 22.0 Å². The molecule has 3 aromatic rings. The second kappa shape index (κ2) is 6.96. The Morgan fingerprint density at radius 2 is 1.62 bits per heavy atom. The van der Waals surface area contributed by atoms with Crippen LogP contribution < -0.4 is 15.2 Å². The topological polar surface area (TPSA) is 57.4 Å². The van der Waals surface area contributed by atoms with Gasteiger partial charge in [0, 0.05) is 16.6 Å². The summed E-state index contributed by atoms with van der Waals surface area (Å²) >= 11 is 0. The summed E-state index contributed by atoms with van der Waals surface area (Å²) in [6.45, 7) is 6.08. The predicted octanol–water partition coefficient (Wildman–Crippen LogP) is 4.51. The van der Waals surface area contributed by atoms with Crippen molar-refractivity contribution in [2.45, 2.75) is 32.7 Å². The molecule has 26 heavy (non-hydrogen) atoms. The Morgan fingerprint density at radius 3 is 2.27 bits per heavy atom. The van der Waals surface area contributed by atoms with E-state index < -0.39 is 0 Å². The molecule has 4 heteroatoms. The number of methoxy groups -OCH3 is 2. The van der Waals surface area contributed by atoms with Gasteiger partial charge in [0.1, 0.15) is 0 Å². The molecule has 0 aliphatic heterocycles. The predicted molar refractivity (Wildman–Crippen MR) is 107 cm³/mol. The van der Waals surface area contributed by atoms with E-state index in [9.17, 15) is 0 Å². The van der Waals surface area contributed by atoms with E-state index >= 15 is 0 Å². The van der Waals surface area contributed by atoms with Gasteiger partial charge in [0.25, 0.3) is 0 Å². The number of pyridine rings is 1. The van der Waals surface area contributed by atoms with Crippen molar-refractivity contribution in [2.24, 2.45) is 5.73 Å². The third-order valence-electron chi connectivity index (χ3n) is 4.39. The molecule has 0 unspecified atom stereocenters. The largest absolute Gasteiger partial charge is 0.493 e. The van der Waals surface area contributed by atoms with Gasteiger partial charge in [0.2, 0.25) is 0 Å². The fourth-order valence-corrected chi connectivity index (χ4v) is 3.34. The molecule has 0 radical (unpaired) electrons. The summed E-state index contributed by atoms with van der Waals surface area (Å²) in [4.78, 5) is 4.66. The monoisotopic (exact) mass is 350 g/mol. The van der Waals surface area contributed by atoms with E-state index in [1.807, 2.05) is 51.1 Å². The van der Waals surface area contributed by atoms with Crippen molar-refractivity contribution < 1.29 is 9.47 Å². The molecular formula is C22H26N2O2. The molecule has 3 rings (SSSR count). The first-order chi connectivity index (χ1) is 12.3. The molecule has 0 amide bonds. The molecule has 0 saturated heterocycles. The fourth-order valence-electron chi connectivity index (χ4n) is 3.34. The minimum atomic E-state index is -0.341. The van der Waals surface area contributed by atoms with Gasteiger partial charge in [0.15, 0.2) is 11.5 Å². The zero-order valence-electron chi connectivity index (χ0n) is 16.1. The number of aromatic nitrogens is 1. The van der Waals surface area contributed by atoms with Crippen LogP contribution >= 0.6 is 0 Å². The number of aryl methyl sites for hydroxylation is 1. The van der Waals surface area contributed by atoms with E-state index in [1.54, 1.807) is 14.2 Å². The van der Waals surface area contributed by atoms with Gasteiger partial charge in [-0.1, -0.05) is 18.2 Å². The smallest absolute Gasteiger partial charge is 0.161 e. The van der Waals surface area contributed by atoms with E-state index in [-0.39, 0.29) is 5.54 Å². The van der Waals surface area contributed by atoms with Crippen molar-refractivity contribution in [3.8, 4) is 22.6 Å². The van der Waals surface area contributed by atoms with Gasteiger partial charge in [-0.25, -0.2) is 0 Å². The molecule has 0 fully saturated rings. The van der Waals surface area contributed by atoms with E-state index in [0.29, 0.717) is 11.5 Å². The highest BCUT2D eigenvalue weighted by Gasteiger charge is 2.20. The van der Waals surface area contributed by atoms with Crippen LogP contribution in [0.3, 0.4) is 0 Å². The maximum absolute atomic E-state index is 6.33. The van der Waals surface area contributed by atoms with Crippen LogP contribution in [0.4, 0.5) is 0 Å². The zero-order chi connectivity index (χ0) is 18.9. The lowest BCUT2D eigenvalue weighted by Gasteiger charge is -2.23. The minimum Gasteiger partial charge on any atom is -0.493 e. The summed E-state index contributed by atoms with van der Waals surface area (Å²) < 4.78 is 11.1. The third-order valence-corrected chi connectivity index (χ3v) is 4.39. The SMILES string of the molecule is COc1cc(CC(C)(C)N)c(-c2cc(C)nc3ccccc23)cc1OC. The van der Waals surface area contributed by atoms with Crippen molar-refractivity contribution in [1.82, 2.24) is 4.98 Å². The van der Waals surface area contributed by atoms with Gasteiger partial charge < -0.3 is 15.2 Å². The highest BCUT2D eigenvalue weighted by atomic mass is 16.5. The van der Waals surface area contributed by atoms with Gasteiger partial charge in [0.05, 0.1) is 19.7 Å². The molecule has 1 heterocycles. The van der Waals surface area contributed by atoms with Gasteiger partial charge in [-0.05, 0) is 68.1 Å². The number of benzene rings is 2. The van der Waals surface area contributed by atoms with Gasteiger partial charge >= 0.3 is 0 Å². The summed E-state index contributed by atoms with van der Waals surface area (Å²) in [7, 11) is 3.31. The number of hydrogen-bond acceptors (Lipinski definition) is 4. The minimum absolute atomic E-state index is 0.341. The van der Waals surface area contributed by atoms with E-state index in [4.69, 9.17) is 15.2 Å². The van der Waals surface area contributed by atoms with E-state index in [2.05, 4.69) is 17.1 Å². The van der Waals surface area contributed by atoms with Crippen molar-refractivity contribution in [3.05, 3.63) is 53.7 Å². The van der Waals surface area contributed by atoms with Crippen molar-refractivity contribution >= 4 is 10.9 Å². The molecular weight excluding hydrogens is 324 g/mol. The third kappa shape index (κ3) is 3.65. The van der Waals surface area contributed by atoms with Crippen LogP contribution in [-0.2, 0) is 6.42 Å². The van der Waals surface area contributed by atoms with Crippen molar-refractivity contribution in [1.29, 1.82) is 0 Å². The second-order valence-corrected chi connectivity index (χ2v) is 7.36. The number of nitrogens with zero attached hydrogens (tertiary/aromatic N) is 1. The molecule has 4 nitrogen and oxygen atoms in total. The lowest BCUT2D eigenvalue weighted by atomic mass is 9.88. The highest BCUT2D eigenvalue weighted by Crippen LogP contribution is 2.39. The molecule has 2 N–H and O–H groups in total. The van der Waals surface area contributed by atoms with E-state index in [1.165, 1.54) is 0 Å². The molecule has 0 spiro atoms. The first kappa shape index (κ1) is 18.2. The summed E-state index contributed by atoms with van der Waals surface area (Å²) in [6.07, 6.45) is 0.721.